The van der Waals surface area contributed by atoms with Crippen molar-refractivity contribution in [3.05, 3.63) is 18.3 Å². The Labute approximate surface area is 113 Å². The highest BCUT2D eigenvalue weighted by atomic mass is 32.2. The number of pyridine rings is 1. The lowest BCUT2D eigenvalue weighted by Crippen LogP contribution is -2.33. The van der Waals surface area contributed by atoms with E-state index in [2.05, 4.69) is 15.0 Å². The van der Waals surface area contributed by atoms with Crippen LogP contribution in [0.2, 0.25) is 0 Å². The predicted molar refractivity (Wildman–Crippen MR) is 72.5 cm³/mol. The second-order valence-corrected chi connectivity index (χ2v) is 6.33. The molecule has 1 heterocycles. The van der Waals surface area contributed by atoms with E-state index in [1.807, 2.05) is 0 Å². The van der Waals surface area contributed by atoms with Crippen LogP contribution in [0.3, 0.4) is 0 Å². The van der Waals surface area contributed by atoms with Crippen molar-refractivity contribution >= 4 is 15.8 Å². The summed E-state index contributed by atoms with van der Waals surface area (Å²) in [5, 5.41) is 2.83. The molecule has 0 radical (unpaired) electrons. The van der Waals surface area contributed by atoms with Gasteiger partial charge in [0.2, 0.25) is 10.0 Å². The molecule has 6 nitrogen and oxygen atoms in total. The second-order valence-electron chi connectivity index (χ2n) is 4.62. The molecule has 1 fully saturated rings. The quantitative estimate of drug-likeness (QED) is 0.842. The third kappa shape index (κ3) is 3.43. The minimum Gasteiger partial charge on any atom is -0.381 e. The first-order valence-electron chi connectivity index (χ1n) is 6.24. The van der Waals surface area contributed by atoms with E-state index in [0.717, 1.165) is 19.3 Å². The van der Waals surface area contributed by atoms with Gasteiger partial charge in [0, 0.05) is 32.5 Å². The van der Waals surface area contributed by atoms with Crippen LogP contribution in [0.15, 0.2) is 23.2 Å². The van der Waals surface area contributed by atoms with Gasteiger partial charge >= 0.3 is 0 Å². The minimum atomic E-state index is -3.49. The predicted octanol–water partition coefficient (Wildman–Crippen LogP) is 0.969. The van der Waals surface area contributed by atoms with Crippen molar-refractivity contribution in [2.24, 2.45) is 0 Å². The zero-order valence-corrected chi connectivity index (χ0v) is 11.9. The molecule has 106 valence electrons. The maximum atomic E-state index is 12.2. The number of aromatic nitrogens is 1. The molecule has 1 aromatic heterocycles. The molecule has 0 aliphatic heterocycles. The van der Waals surface area contributed by atoms with Gasteiger partial charge in [-0.25, -0.2) is 18.1 Å². The standard InChI is InChI=1S/C12H19N3O3S/c1-13-12-8-11(5-6-14-12)19(16,17)15-9-3-4-10(7-9)18-2/h5-6,8-10,15H,3-4,7H2,1-2H3,(H,13,14). The fourth-order valence-electron chi connectivity index (χ4n) is 2.26. The van der Waals surface area contributed by atoms with Gasteiger partial charge in [-0.1, -0.05) is 0 Å². The number of hydrogen-bond acceptors (Lipinski definition) is 5. The fraction of sp³-hybridized carbons (Fsp3) is 0.583. The van der Waals surface area contributed by atoms with Crippen LogP contribution >= 0.6 is 0 Å². The largest absolute Gasteiger partial charge is 0.381 e. The van der Waals surface area contributed by atoms with Crippen LogP contribution in [0, 0.1) is 0 Å². The Morgan fingerprint density at radius 1 is 1.42 bits per heavy atom. The molecule has 1 aromatic rings. The summed E-state index contributed by atoms with van der Waals surface area (Å²) in [4.78, 5) is 4.23. The Kier molecular flexibility index (Phi) is 4.38. The molecule has 2 rings (SSSR count). The summed E-state index contributed by atoms with van der Waals surface area (Å²) in [6.07, 6.45) is 4.05. The van der Waals surface area contributed by atoms with Crippen molar-refractivity contribution in [2.45, 2.75) is 36.3 Å². The van der Waals surface area contributed by atoms with Crippen LogP contribution < -0.4 is 10.0 Å². The number of hydrogen-bond donors (Lipinski definition) is 2. The van der Waals surface area contributed by atoms with E-state index in [0.29, 0.717) is 5.82 Å². The first-order chi connectivity index (χ1) is 9.05. The van der Waals surface area contributed by atoms with E-state index in [9.17, 15) is 8.42 Å². The highest BCUT2D eigenvalue weighted by molar-refractivity contribution is 7.89. The summed E-state index contributed by atoms with van der Waals surface area (Å²) in [6, 6.07) is 2.96. The molecule has 2 unspecified atom stereocenters. The molecule has 1 saturated carbocycles. The smallest absolute Gasteiger partial charge is 0.241 e. The van der Waals surface area contributed by atoms with E-state index in [-0.39, 0.29) is 17.0 Å². The maximum absolute atomic E-state index is 12.2. The molecule has 0 spiro atoms. The van der Waals surface area contributed by atoms with Crippen molar-refractivity contribution in [1.29, 1.82) is 0 Å². The molecule has 0 aromatic carbocycles. The lowest BCUT2D eigenvalue weighted by atomic mass is 10.3. The number of nitrogens with zero attached hydrogens (tertiary/aromatic N) is 1. The fourth-order valence-corrected chi connectivity index (χ4v) is 3.56. The van der Waals surface area contributed by atoms with Gasteiger partial charge in [0.1, 0.15) is 5.82 Å². The highest BCUT2D eigenvalue weighted by Gasteiger charge is 2.28. The molecule has 1 aliphatic rings. The molecule has 0 bridgehead atoms. The van der Waals surface area contributed by atoms with Gasteiger partial charge in [-0.15, -0.1) is 0 Å². The maximum Gasteiger partial charge on any atom is 0.241 e. The lowest BCUT2D eigenvalue weighted by Gasteiger charge is -2.13. The van der Waals surface area contributed by atoms with Gasteiger partial charge in [-0.05, 0) is 25.3 Å². The SMILES string of the molecule is CNc1cc(S(=O)(=O)NC2CCC(OC)C2)ccn1. The number of ether oxygens (including phenoxy) is 1. The normalized spacial score (nSPS) is 23.5. The van der Waals surface area contributed by atoms with Crippen LogP contribution in [-0.4, -0.2) is 39.7 Å². The summed E-state index contributed by atoms with van der Waals surface area (Å²) in [7, 11) is -0.136. The monoisotopic (exact) mass is 285 g/mol. The van der Waals surface area contributed by atoms with E-state index in [1.54, 1.807) is 14.2 Å². The molecule has 1 aliphatic carbocycles. The van der Waals surface area contributed by atoms with Crippen LogP contribution in [-0.2, 0) is 14.8 Å². The number of methoxy groups -OCH3 is 1. The molecule has 0 amide bonds. The van der Waals surface area contributed by atoms with Crippen molar-refractivity contribution in [3.63, 3.8) is 0 Å². The van der Waals surface area contributed by atoms with Crippen LogP contribution in [0.5, 0.6) is 0 Å². The van der Waals surface area contributed by atoms with E-state index in [1.165, 1.54) is 18.3 Å². The van der Waals surface area contributed by atoms with Crippen molar-refractivity contribution in [2.75, 3.05) is 19.5 Å². The average Bonchev–Trinajstić information content (AvgIpc) is 2.85. The summed E-state index contributed by atoms with van der Waals surface area (Å²) >= 11 is 0. The molecular weight excluding hydrogens is 266 g/mol. The number of rotatable bonds is 5. The van der Waals surface area contributed by atoms with Crippen LogP contribution in [0.25, 0.3) is 0 Å². The van der Waals surface area contributed by atoms with Gasteiger partial charge in [-0.2, -0.15) is 0 Å². The Hall–Kier alpha value is -1.18. The van der Waals surface area contributed by atoms with Crippen molar-refractivity contribution in [1.82, 2.24) is 9.71 Å². The van der Waals surface area contributed by atoms with E-state index >= 15 is 0 Å². The minimum absolute atomic E-state index is 0.0545. The zero-order valence-electron chi connectivity index (χ0n) is 11.1. The summed E-state index contributed by atoms with van der Waals surface area (Å²) < 4.78 is 32.5. The Morgan fingerprint density at radius 3 is 2.84 bits per heavy atom. The second kappa shape index (κ2) is 5.85. The van der Waals surface area contributed by atoms with Gasteiger partial charge in [0.05, 0.1) is 11.0 Å². The Bertz CT molecular complexity index is 533. The van der Waals surface area contributed by atoms with Gasteiger partial charge in [0.15, 0.2) is 0 Å². The summed E-state index contributed by atoms with van der Waals surface area (Å²) in [6.45, 7) is 0. The van der Waals surface area contributed by atoms with E-state index < -0.39 is 10.0 Å². The molecule has 7 heteroatoms. The molecule has 19 heavy (non-hydrogen) atoms. The third-order valence-electron chi connectivity index (χ3n) is 3.34. The molecule has 0 saturated heterocycles. The summed E-state index contributed by atoms with van der Waals surface area (Å²) in [5.74, 6) is 0.532. The number of anilines is 1. The highest BCUT2D eigenvalue weighted by Crippen LogP contribution is 2.23. The molecule has 2 N–H and O–H groups in total. The lowest BCUT2D eigenvalue weighted by molar-refractivity contribution is 0.107. The average molecular weight is 285 g/mol. The van der Waals surface area contributed by atoms with E-state index in [4.69, 9.17) is 4.74 Å². The number of nitrogens with one attached hydrogen (secondary N) is 2. The zero-order chi connectivity index (χ0) is 13.9. The van der Waals surface area contributed by atoms with Gasteiger partial charge < -0.3 is 10.1 Å². The summed E-state index contributed by atoms with van der Waals surface area (Å²) in [5.41, 5.74) is 0. The van der Waals surface area contributed by atoms with Gasteiger partial charge in [0.25, 0.3) is 0 Å². The topological polar surface area (TPSA) is 80.3 Å². The van der Waals surface area contributed by atoms with Crippen LogP contribution in [0.4, 0.5) is 5.82 Å². The number of sulfonamides is 1. The van der Waals surface area contributed by atoms with Crippen molar-refractivity contribution in [3.8, 4) is 0 Å². The molecule has 2 atom stereocenters. The van der Waals surface area contributed by atoms with Gasteiger partial charge in [-0.3, -0.25) is 0 Å². The third-order valence-corrected chi connectivity index (χ3v) is 4.86. The molecular formula is C12H19N3O3S. The van der Waals surface area contributed by atoms with Crippen LogP contribution in [0.1, 0.15) is 19.3 Å². The first kappa shape index (κ1) is 14.2. The Balaban J connectivity index is 2.10. The Morgan fingerprint density at radius 2 is 2.21 bits per heavy atom. The first-order valence-corrected chi connectivity index (χ1v) is 7.72. The van der Waals surface area contributed by atoms with Crippen molar-refractivity contribution < 1.29 is 13.2 Å².